The number of nitrogens with zero attached hydrogens (tertiary/aromatic N) is 1. The highest BCUT2D eigenvalue weighted by Crippen LogP contribution is 2.43. The van der Waals surface area contributed by atoms with E-state index in [-0.39, 0.29) is 5.41 Å². The Bertz CT molecular complexity index is 307. The molecule has 1 heterocycles. The van der Waals surface area contributed by atoms with Crippen LogP contribution < -0.4 is 5.73 Å². The van der Waals surface area contributed by atoms with Gasteiger partial charge < -0.3 is 5.73 Å². The summed E-state index contributed by atoms with van der Waals surface area (Å²) in [5, 5.41) is 3.46. The second-order valence-electron chi connectivity index (χ2n) is 4.56. The molecule has 2 rings (SSSR count). The predicted molar refractivity (Wildman–Crippen MR) is 60.8 cm³/mol. The molecule has 0 aliphatic heterocycles. The molecule has 0 amide bonds. The Labute approximate surface area is 89.5 Å². The molecule has 1 aliphatic rings. The van der Waals surface area contributed by atoms with Crippen molar-refractivity contribution < 1.29 is 0 Å². The summed E-state index contributed by atoms with van der Waals surface area (Å²) >= 11 is 1.78. The maximum Gasteiger partial charge on any atom is 0.0953 e. The minimum atomic E-state index is 0.240. The van der Waals surface area contributed by atoms with Gasteiger partial charge in [0, 0.05) is 23.3 Å². The third kappa shape index (κ3) is 1.48. The maximum atomic E-state index is 5.85. The summed E-state index contributed by atoms with van der Waals surface area (Å²) in [6.07, 6.45) is 3.77. The standard InChI is InChI=1S/C11H18N2S/c1-8(2)10-13-9(6-14-10)11(7-12)4-3-5-11/h6,8H,3-5,7,12H2,1-2H3. The zero-order valence-corrected chi connectivity index (χ0v) is 9.73. The molecule has 1 aromatic heterocycles. The van der Waals surface area contributed by atoms with Crippen molar-refractivity contribution in [1.82, 2.24) is 4.98 Å². The molecule has 0 saturated heterocycles. The van der Waals surface area contributed by atoms with Crippen LogP contribution in [0, 0.1) is 0 Å². The summed E-state index contributed by atoms with van der Waals surface area (Å²) in [6, 6.07) is 0. The lowest BCUT2D eigenvalue weighted by Crippen LogP contribution is -2.41. The zero-order chi connectivity index (χ0) is 10.2. The zero-order valence-electron chi connectivity index (χ0n) is 8.92. The summed E-state index contributed by atoms with van der Waals surface area (Å²) < 4.78 is 0. The van der Waals surface area contributed by atoms with E-state index < -0.39 is 0 Å². The highest BCUT2D eigenvalue weighted by atomic mass is 32.1. The van der Waals surface area contributed by atoms with E-state index in [9.17, 15) is 0 Å². The van der Waals surface area contributed by atoms with E-state index in [2.05, 4.69) is 19.2 Å². The monoisotopic (exact) mass is 210 g/mol. The van der Waals surface area contributed by atoms with Crippen molar-refractivity contribution in [3.63, 3.8) is 0 Å². The third-order valence-corrected chi connectivity index (χ3v) is 4.41. The first-order valence-electron chi connectivity index (χ1n) is 5.34. The molecule has 0 radical (unpaired) electrons. The van der Waals surface area contributed by atoms with Crippen molar-refractivity contribution in [2.75, 3.05) is 6.54 Å². The minimum absolute atomic E-state index is 0.240. The number of aromatic nitrogens is 1. The van der Waals surface area contributed by atoms with Crippen LogP contribution in [0.3, 0.4) is 0 Å². The molecular weight excluding hydrogens is 192 g/mol. The van der Waals surface area contributed by atoms with Crippen molar-refractivity contribution in [3.8, 4) is 0 Å². The lowest BCUT2D eigenvalue weighted by molar-refractivity contribution is 0.246. The first-order valence-corrected chi connectivity index (χ1v) is 6.22. The maximum absolute atomic E-state index is 5.85. The molecule has 0 spiro atoms. The van der Waals surface area contributed by atoms with E-state index in [1.165, 1.54) is 30.0 Å². The Morgan fingerprint density at radius 2 is 2.29 bits per heavy atom. The first kappa shape index (κ1) is 10.1. The van der Waals surface area contributed by atoms with Crippen LogP contribution in [-0.2, 0) is 5.41 Å². The summed E-state index contributed by atoms with van der Waals surface area (Å²) in [4.78, 5) is 4.71. The van der Waals surface area contributed by atoms with Gasteiger partial charge in [0.05, 0.1) is 10.7 Å². The predicted octanol–water partition coefficient (Wildman–Crippen LogP) is 2.65. The van der Waals surface area contributed by atoms with E-state index in [0.29, 0.717) is 5.92 Å². The van der Waals surface area contributed by atoms with Gasteiger partial charge >= 0.3 is 0 Å². The molecule has 0 unspecified atom stereocenters. The number of rotatable bonds is 3. The fraction of sp³-hybridized carbons (Fsp3) is 0.727. The van der Waals surface area contributed by atoms with Gasteiger partial charge in [-0.3, -0.25) is 0 Å². The number of hydrogen-bond donors (Lipinski definition) is 1. The summed E-state index contributed by atoms with van der Waals surface area (Å²) in [5.41, 5.74) is 7.34. The van der Waals surface area contributed by atoms with E-state index in [1.807, 2.05) is 0 Å². The van der Waals surface area contributed by atoms with Crippen LogP contribution in [0.2, 0.25) is 0 Å². The lowest BCUT2D eigenvalue weighted by Gasteiger charge is -2.39. The van der Waals surface area contributed by atoms with Crippen LogP contribution >= 0.6 is 11.3 Å². The van der Waals surface area contributed by atoms with Gasteiger partial charge in [0.2, 0.25) is 0 Å². The second-order valence-corrected chi connectivity index (χ2v) is 5.45. The van der Waals surface area contributed by atoms with Gasteiger partial charge in [0.25, 0.3) is 0 Å². The molecule has 1 fully saturated rings. The number of hydrogen-bond acceptors (Lipinski definition) is 3. The van der Waals surface area contributed by atoms with E-state index in [1.54, 1.807) is 11.3 Å². The normalized spacial score (nSPS) is 19.7. The highest BCUT2D eigenvalue weighted by Gasteiger charge is 2.39. The molecule has 0 bridgehead atoms. The van der Waals surface area contributed by atoms with Crippen LogP contribution in [0.5, 0.6) is 0 Å². The molecule has 1 aliphatic carbocycles. The lowest BCUT2D eigenvalue weighted by atomic mass is 9.67. The topological polar surface area (TPSA) is 38.9 Å². The summed E-state index contributed by atoms with van der Waals surface area (Å²) in [7, 11) is 0. The van der Waals surface area contributed by atoms with Crippen molar-refractivity contribution in [3.05, 3.63) is 16.1 Å². The summed E-state index contributed by atoms with van der Waals surface area (Å²) in [6.45, 7) is 5.14. The molecule has 0 atom stereocenters. The van der Waals surface area contributed by atoms with Crippen molar-refractivity contribution in [1.29, 1.82) is 0 Å². The Morgan fingerprint density at radius 3 is 2.64 bits per heavy atom. The van der Waals surface area contributed by atoms with E-state index in [0.717, 1.165) is 6.54 Å². The Balaban J connectivity index is 2.23. The summed E-state index contributed by atoms with van der Waals surface area (Å²) in [5.74, 6) is 0.545. The fourth-order valence-electron chi connectivity index (χ4n) is 1.96. The van der Waals surface area contributed by atoms with Gasteiger partial charge in [0.15, 0.2) is 0 Å². The number of thiazole rings is 1. The van der Waals surface area contributed by atoms with Gasteiger partial charge in [0.1, 0.15) is 0 Å². The largest absolute Gasteiger partial charge is 0.330 e. The van der Waals surface area contributed by atoms with Gasteiger partial charge in [-0.15, -0.1) is 11.3 Å². The Morgan fingerprint density at radius 1 is 1.57 bits per heavy atom. The second kappa shape index (κ2) is 3.63. The van der Waals surface area contributed by atoms with Crippen molar-refractivity contribution in [2.24, 2.45) is 5.73 Å². The molecule has 0 aromatic carbocycles. The van der Waals surface area contributed by atoms with E-state index >= 15 is 0 Å². The van der Waals surface area contributed by atoms with Gasteiger partial charge in [-0.2, -0.15) is 0 Å². The quantitative estimate of drug-likeness (QED) is 0.833. The van der Waals surface area contributed by atoms with Gasteiger partial charge in [-0.1, -0.05) is 20.3 Å². The molecule has 2 nitrogen and oxygen atoms in total. The molecular formula is C11H18N2S. The molecule has 1 aromatic rings. The van der Waals surface area contributed by atoms with Crippen LogP contribution in [0.25, 0.3) is 0 Å². The van der Waals surface area contributed by atoms with Crippen LogP contribution in [0.1, 0.15) is 49.7 Å². The first-order chi connectivity index (χ1) is 6.68. The smallest absolute Gasteiger partial charge is 0.0953 e. The average Bonchev–Trinajstić information content (AvgIpc) is 2.52. The van der Waals surface area contributed by atoms with E-state index in [4.69, 9.17) is 10.7 Å². The fourth-order valence-corrected chi connectivity index (χ4v) is 2.92. The molecule has 1 saturated carbocycles. The molecule has 2 N–H and O–H groups in total. The van der Waals surface area contributed by atoms with Crippen molar-refractivity contribution in [2.45, 2.75) is 44.4 Å². The number of nitrogens with two attached hydrogens (primary N) is 1. The molecule has 78 valence electrons. The minimum Gasteiger partial charge on any atom is -0.330 e. The van der Waals surface area contributed by atoms with Crippen LogP contribution in [0.4, 0.5) is 0 Å². The third-order valence-electron chi connectivity index (χ3n) is 3.26. The Kier molecular flexibility index (Phi) is 2.62. The van der Waals surface area contributed by atoms with Crippen LogP contribution in [0.15, 0.2) is 5.38 Å². The highest BCUT2D eigenvalue weighted by molar-refractivity contribution is 7.09. The van der Waals surface area contributed by atoms with Crippen LogP contribution in [-0.4, -0.2) is 11.5 Å². The average molecular weight is 210 g/mol. The van der Waals surface area contributed by atoms with Gasteiger partial charge in [-0.05, 0) is 12.8 Å². The van der Waals surface area contributed by atoms with Gasteiger partial charge in [-0.25, -0.2) is 4.98 Å². The molecule has 14 heavy (non-hydrogen) atoms. The SMILES string of the molecule is CC(C)c1nc(C2(CN)CCC2)cs1. The molecule has 3 heteroatoms. The van der Waals surface area contributed by atoms with Crippen molar-refractivity contribution >= 4 is 11.3 Å². The Hall–Kier alpha value is -0.410.